The zero-order valence-electron chi connectivity index (χ0n) is 15.7. The Morgan fingerprint density at radius 1 is 1.10 bits per heavy atom. The highest BCUT2D eigenvalue weighted by Gasteiger charge is 2.28. The van der Waals surface area contributed by atoms with Crippen LogP contribution < -0.4 is 5.73 Å². The van der Waals surface area contributed by atoms with Crippen LogP contribution in [0.3, 0.4) is 0 Å². The van der Waals surface area contributed by atoms with Crippen LogP contribution >= 0.6 is 15.9 Å². The van der Waals surface area contributed by atoms with Crippen molar-refractivity contribution in [2.24, 2.45) is 11.7 Å². The highest BCUT2D eigenvalue weighted by Crippen LogP contribution is 2.30. The van der Waals surface area contributed by atoms with E-state index in [1.165, 1.54) is 0 Å². The third kappa shape index (κ3) is 4.10. The van der Waals surface area contributed by atoms with Crippen molar-refractivity contribution in [3.63, 3.8) is 0 Å². The van der Waals surface area contributed by atoms with Crippen LogP contribution in [0.5, 0.6) is 0 Å². The van der Waals surface area contributed by atoms with E-state index in [9.17, 15) is 9.59 Å². The summed E-state index contributed by atoms with van der Waals surface area (Å²) in [6.07, 6.45) is 2.85. The smallest absolute Gasteiger partial charge is 0.254 e. The molecule has 0 saturated carbocycles. The maximum absolute atomic E-state index is 13.1. The number of carbonyl (C=O) groups is 2. The molecule has 1 aromatic heterocycles. The summed E-state index contributed by atoms with van der Waals surface area (Å²) in [4.78, 5) is 30.7. The summed E-state index contributed by atoms with van der Waals surface area (Å²) in [6.45, 7) is 1.02. The first-order chi connectivity index (χ1) is 14.0. The van der Waals surface area contributed by atoms with Gasteiger partial charge in [-0.25, -0.2) is 4.98 Å². The van der Waals surface area contributed by atoms with Gasteiger partial charge in [0.15, 0.2) is 5.76 Å². The Hall–Kier alpha value is -2.93. The van der Waals surface area contributed by atoms with E-state index >= 15 is 0 Å². The Morgan fingerprint density at radius 2 is 1.86 bits per heavy atom. The van der Waals surface area contributed by atoms with E-state index in [2.05, 4.69) is 20.9 Å². The second kappa shape index (κ2) is 8.21. The van der Waals surface area contributed by atoms with Gasteiger partial charge in [0.1, 0.15) is 0 Å². The summed E-state index contributed by atoms with van der Waals surface area (Å²) in [5, 5.41) is 0. The standard InChI is InChI=1S/C22H20BrN3O3/c23-16-5-3-4-15(12-16)19-13-25-21(29-19)17-6-1-2-7-18(17)22(28)26-10-8-14(9-11-26)20(24)27/h1-7,12-14H,8-11H2,(H2,24,27). The van der Waals surface area contributed by atoms with Crippen molar-refractivity contribution in [1.82, 2.24) is 9.88 Å². The summed E-state index contributed by atoms with van der Waals surface area (Å²) in [5.74, 6) is 0.485. The van der Waals surface area contributed by atoms with Crippen LogP contribution in [-0.2, 0) is 4.79 Å². The lowest BCUT2D eigenvalue weighted by Gasteiger charge is -2.31. The first kappa shape index (κ1) is 19.4. The number of halogens is 1. The predicted molar refractivity (Wildman–Crippen MR) is 113 cm³/mol. The molecule has 0 aliphatic carbocycles. The molecule has 29 heavy (non-hydrogen) atoms. The normalized spacial score (nSPS) is 14.7. The minimum absolute atomic E-state index is 0.0919. The minimum Gasteiger partial charge on any atom is -0.436 e. The Bertz CT molecular complexity index is 1050. The quantitative estimate of drug-likeness (QED) is 0.643. The van der Waals surface area contributed by atoms with Gasteiger partial charge in [0.2, 0.25) is 11.8 Å². The average Bonchev–Trinajstić information content (AvgIpc) is 3.23. The highest BCUT2D eigenvalue weighted by atomic mass is 79.9. The maximum atomic E-state index is 13.1. The van der Waals surface area contributed by atoms with Crippen LogP contribution in [0, 0.1) is 5.92 Å². The lowest BCUT2D eigenvalue weighted by Crippen LogP contribution is -2.41. The van der Waals surface area contributed by atoms with Gasteiger partial charge in [0.25, 0.3) is 5.91 Å². The van der Waals surface area contributed by atoms with Crippen LogP contribution in [0.1, 0.15) is 23.2 Å². The third-order valence-electron chi connectivity index (χ3n) is 5.19. The van der Waals surface area contributed by atoms with Gasteiger partial charge < -0.3 is 15.1 Å². The van der Waals surface area contributed by atoms with E-state index in [0.717, 1.165) is 10.0 Å². The van der Waals surface area contributed by atoms with Crippen molar-refractivity contribution in [3.8, 4) is 22.8 Å². The minimum atomic E-state index is -0.294. The molecule has 7 heteroatoms. The summed E-state index contributed by atoms with van der Waals surface area (Å²) in [6, 6.07) is 15.0. The number of benzene rings is 2. The molecule has 6 nitrogen and oxygen atoms in total. The van der Waals surface area contributed by atoms with Crippen molar-refractivity contribution < 1.29 is 14.0 Å². The number of amides is 2. The number of nitrogens with two attached hydrogens (primary N) is 1. The number of oxazole rings is 1. The zero-order chi connectivity index (χ0) is 20.4. The van der Waals surface area contributed by atoms with E-state index in [4.69, 9.17) is 10.2 Å². The van der Waals surface area contributed by atoms with Crippen LogP contribution in [0.25, 0.3) is 22.8 Å². The van der Waals surface area contributed by atoms with Crippen LogP contribution in [-0.4, -0.2) is 34.8 Å². The molecule has 0 spiro atoms. The molecule has 1 saturated heterocycles. The van der Waals surface area contributed by atoms with Crippen molar-refractivity contribution in [1.29, 1.82) is 0 Å². The molecule has 3 aromatic rings. The number of carbonyl (C=O) groups excluding carboxylic acids is 2. The summed E-state index contributed by atoms with van der Waals surface area (Å²) < 4.78 is 6.92. The highest BCUT2D eigenvalue weighted by molar-refractivity contribution is 9.10. The fourth-order valence-electron chi connectivity index (χ4n) is 3.57. The van der Waals surface area contributed by atoms with Crippen molar-refractivity contribution in [3.05, 3.63) is 64.8 Å². The van der Waals surface area contributed by atoms with Crippen molar-refractivity contribution in [2.45, 2.75) is 12.8 Å². The largest absolute Gasteiger partial charge is 0.436 e. The van der Waals surface area contributed by atoms with Gasteiger partial charge >= 0.3 is 0 Å². The molecular formula is C22H20BrN3O3. The summed E-state index contributed by atoms with van der Waals surface area (Å²) >= 11 is 3.46. The van der Waals surface area contributed by atoms with Crippen molar-refractivity contribution >= 4 is 27.7 Å². The summed E-state index contributed by atoms with van der Waals surface area (Å²) in [5.41, 5.74) is 7.48. The Morgan fingerprint density at radius 3 is 2.59 bits per heavy atom. The molecule has 2 aromatic carbocycles. The van der Waals surface area contributed by atoms with Gasteiger partial charge in [-0.05, 0) is 37.1 Å². The second-order valence-electron chi connectivity index (χ2n) is 7.05. The molecule has 2 heterocycles. The number of nitrogens with zero attached hydrogens (tertiary/aromatic N) is 2. The Balaban J connectivity index is 1.59. The lowest BCUT2D eigenvalue weighted by atomic mass is 9.95. The second-order valence-corrected chi connectivity index (χ2v) is 7.97. The maximum Gasteiger partial charge on any atom is 0.254 e. The predicted octanol–water partition coefficient (Wildman–Crippen LogP) is 4.11. The van der Waals surface area contributed by atoms with Gasteiger partial charge in [0, 0.05) is 34.6 Å². The number of hydrogen-bond donors (Lipinski definition) is 1. The SMILES string of the molecule is NC(=O)C1CCN(C(=O)c2ccccc2-c2ncc(-c3cccc(Br)c3)o2)CC1. The molecule has 2 amide bonds. The molecule has 1 aliphatic rings. The van der Waals surface area contributed by atoms with Gasteiger partial charge in [-0.1, -0.05) is 40.2 Å². The fraction of sp³-hybridized carbons (Fsp3) is 0.227. The molecule has 0 radical (unpaired) electrons. The number of hydrogen-bond acceptors (Lipinski definition) is 4. The first-order valence-electron chi connectivity index (χ1n) is 9.42. The molecule has 1 fully saturated rings. The van der Waals surface area contributed by atoms with Gasteiger partial charge in [0.05, 0.1) is 11.8 Å². The number of likely N-dealkylation sites (tertiary alicyclic amines) is 1. The molecule has 0 unspecified atom stereocenters. The Labute approximate surface area is 176 Å². The molecule has 2 N–H and O–H groups in total. The molecule has 0 atom stereocenters. The number of aromatic nitrogens is 1. The molecule has 1 aliphatic heterocycles. The van der Waals surface area contributed by atoms with E-state index in [-0.39, 0.29) is 17.7 Å². The van der Waals surface area contributed by atoms with Gasteiger partial charge in [-0.3, -0.25) is 9.59 Å². The van der Waals surface area contributed by atoms with E-state index in [0.29, 0.717) is 48.7 Å². The van der Waals surface area contributed by atoms with Crippen LogP contribution in [0.4, 0.5) is 0 Å². The molecule has 0 bridgehead atoms. The molecular weight excluding hydrogens is 434 g/mol. The zero-order valence-corrected chi connectivity index (χ0v) is 17.3. The number of rotatable bonds is 4. The number of piperidine rings is 1. The summed E-state index contributed by atoms with van der Waals surface area (Å²) in [7, 11) is 0. The first-order valence-corrected chi connectivity index (χ1v) is 10.2. The van der Waals surface area contributed by atoms with Gasteiger partial charge in [-0.15, -0.1) is 0 Å². The molecule has 148 valence electrons. The topological polar surface area (TPSA) is 89.4 Å². The lowest BCUT2D eigenvalue weighted by molar-refractivity contribution is -0.123. The Kier molecular flexibility index (Phi) is 5.49. The van der Waals surface area contributed by atoms with E-state index in [1.807, 2.05) is 42.5 Å². The van der Waals surface area contributed by atoms with Crippen molar-refractivity contribution in [2.75, 3.05) is 13.1 Å². The van der Waals surface area contributed by atoms with Crippen LogP contribution in [0.15, 0.2) is 63.6 Å². The average molecular weight is 454 g/mol. The monoisotopic (exact) mass is 453 g/mol. The van der Waals surface area contributed by atoms with E-state index in [1.54, 1.807) is 17.2 Å². The van der Waals surface area contributed by atoms with Crippen LogP contribution in [0.2, 0.25) is 0 Å². The van der Waals surface area contributed by atoms with Gasteiger partial charge in [-0.2, -0.15) is 0 Å². The molecule has 4 rings (SSSR count). The third-order valence-corrected chi connectivity index (χ3v) is 5.68. The fourth-order valence-corrected chi connectivity index (χ4v) is 3.97. The number of primary amides is 1. The van der Waals surface area contributed by atoms with E-state index < -0.39 is 0 Å².